The molecule has 1 unspecified atom stereocenters. The molecule has 80 heavy (non-hydrogen) atoms. The first-order chi connectivity index (χ1) is 39.5. The Morgan fingerprint density at radius 1 is 0.263 bits per heavy atom. The van der Waals surface area contributed by atoms with Crippen molar-refractivity contribution in [1.82, 2.24) is 0 Å². The SMILES string of the molecule is CC/C=C\C/C=C\C/C=C\C/C=C\C/C=C\CCCCCCCCCCCCCC(=O)OCC(COC(=O)CCCCCCC/C=C\CCCCCCCC)OC(=O)CCCCCCCCCCCCCCCCCCCCCC. The first-order valence-corrected chi connectivity index (χ1v) is 34.9. The highest BCUT2D eigenvalue weighted by molar-refractivity contribution is 5.71. The van der Waals surface area contributed by atoms with E-state index < -0.39 is 6.10 Å². The van der Waals surface area contributed by atoms with E-state index in [9.17, 15) is 14.4 Å². The molecule has 0 fully saturated rings. The maximum Gasteiger partial charge on any atom is 0.306 e. The van der Waals surface area contributed by atoms with Gasteiger partial charge in [-0.25, -0.2) is 0 Å². The van der Waals surface area contributed by atoms with Crippen LogP contribution in [0, 0.1) is 0 Å². The molecule has 0 saturated heterocycles. The molecule has 6 nitrogen and oxygen atoms in total. The van der Waals surface area contributed by atoms with Crippen LogP contribution < -0.4 is 0 Å². The van der Waals surface area contributed by atoms with Gasteiger partial charge in [-0.05, 0) is 89.9 Å². The monoisotopic (exact) mass is 1120 g/mol. The van der Waals surface area contributed by atoms with Crippen LogP contribution in [-0.2, 0) is 28.6 Å². The summed E-state index contributed by atoms with van der Waals surface area (Å²) < 4.78 is 17.0. The lowest BCUT2D eigenvalue weighted by molar-refractivity contribution is -0.167. The van der Waals surface area contributed by atoms with Crippen LogP contribution in [0.5, 0.6) is 0 Å². The summed E-state index contributed by atoms with van der Waals surface area (Å²) >= 11 is 0. The van der Waals surface area contributed by atoms with Crippen molar-refractivity contribution in [2.45, 2.75) is 367 Å². The number of ether oxygens (including phenoxy) is 3. The Kier molecular flexibility index (Phi) is 65.7. The molecule has 6 heteroatoms. The zero-order valence-electron chi connectivity index (χ0n) is 53.3. The first-order valence-electron chi connectivity index (χ1n) is 34.9. The van der Waals surface area contributed by atoms with E-state index >= 15 is 0 Å². The van der Waals surface area contributed by atoms with Crippen LogP contribution in [0.25, 0.3) is 0 Å². The standard InChI is InChI=1S/C74H132O6/c1-4-7-10-13-16-19-22-25-28-30-32-34-35-36-37-38-39-40-42-43-46-49-52-55-58-61-64-67-73(76)79-70-71(69-78-72(75)66-63-60-57-54-51-48-45-27-24-21-18-15-12-9-6-3)80-74(77)68-65-62-59-56-53-50-47-44-41-33-31-29-26-23-20-17-14-11-8-5-2/h7,10,16,19,25,27-28,32,34,36-37,45,71H,4-6,8-9,11-15,17-18,20-24,26,29-31,33,35,38-44,46-70H2,1-3H3/b10-7-,19-16-,28-25-,34-32-,37-36-,45-27-. The number of carbonyl (C=O) groups excluding carboxylic acids is 3. The van der Waals surface area contributed by atoms with Gasteiger partial charge in [0.2, 0.25) is 0 Å². The van der Waals surface area contributed by atoms with E-state index in [1.54, 1.807) is 0 Å². The highest BCUT2D eigenvalue weighted by atomic mass is 16.6. The molecule has 1 atom stereocenters. The highest BCUT2D eigenvalue weighted by Gasteiger charge is 2.19. The van der Waals surface area contributed by atoms with Crippen LogP contribution in [0.1, 0.15) is 361 Å². The summed E-state index contributed by atoms with van der Waals surface area (Å²) in [5.41, 5.74) is 0. The normalized spacial score (nSPS) is 12.5. The fourth-order valence-electron chi connectivity index (χ4n) is 10.2. The van der Waals surface area contributed by atoms with E-state index in [1.807, 2.05) is 0 Å². The molecule has 0 bridgehead atoms. The summed E-state index contributed by atoms with van der Waals surface area (Å²) in [6.07, 6.45) is 89.2. The average Bonchev–Trinajstić information content (AvgIpc) is 3.46. The van der Waals surface area contributed by atoms with E-state index in [2.05, 4.69) is 93.7 Å². The number of hydrogen-bond acceptors (Lipinski definition) is 6. The molecule has 0 heterocycles. The van der Waals surface area contributed by atoms with E-state index in [-0.39, 0.29) is 31.1 Å². The third-order valence-electron chi connectivity index (χ3n) is 15.4. The molecule has 0 amide bonds. The minimum Gasteiger partial charge on any atom is -0.462 e. The van der Waals surface area contributed by atoms with Gasteiger partial charge in [0.15, 0.2) is 6.10 Å². The van der Waals surface area contributed by atoms with Crippen LogP contribution in [0.2, 0.25) is 0 Å². The van der Waals surface area contributed by atoms with Crippen molar-refractivity contribution in [2.24, 2.45) is 0 Å². The maximum absolute atomic E-state index is 13.0. The van der Waals surface area contributed by atoms with Gasteiger partial charge in [-0.1, -0.05) is 325 Å². The van der Waals surface area contributed by atoms with E-state index in [1.165, 1.54) is 225 Å². The van der Waals surface area contributed by atoms with Gasteiger partial charge in [0.25, 0.3) is 0 Å². The van der Waals surface area contributed by atoms with Gasteiger partial charge in [0.05, 0.1) is 0 Å². The van der Waals surface area contributed by atoms with Crippen molar-refractivity contribution >= 4 is 17.9 Å². The predicted octanol–water partition coefficient (Wildman–Crippen LogP) is 24.1. The van der Waals surface area contributed by atoms with Crippen LogP contribution in [0.4, 0.5) is 0 Å². The fraction of sp³-hybridized carbons (Fsp3) is 0.797. The molecule has 464 valence electrons. The smallest absolute Gasteiger partial charge is 0.306 e. The molecule has 0 aromatic rings. The molecule has 0 aliphatic heterocycles. The van der Waals surface area contributed by atoms with Crippen molar-refractivity contribution in [3.8, 4) is 0 Å². The third-order valence-corrected chi connectivity index (χ3v) is 15.4. The van der Waals surface area contributed by atoms with Crippen molar-refractivity contribution in [3.63, 3.8) is 0 Å². The number of rotatable bonds is 64. The Labute approximate surface area is 497 Å². The van der Waals surface area contributed by atoms with Crippen LogP contribution in [-0.4, -0.2) is 37.2 Å². The van der Waals surface area contributed by atoms with Gasteiger partial charge in [0, 0.05) is 19.3 Å². The summed E-state index contributed by atoms with van der Waals surface area (Å²) in [6, 6.07) is 0. The third kappa shape index (κ3) is 65.7. The van der Waals surface area contributed by atoms with E-state index in [4.69, 9.17) is 14.2 Å². The van der Waals surface area contributed by atoms with Gasteiger partial charge in [-0.2, -0.15) is 0 Å². The number of hydrogen-bond donors (Lipinski definition) is 0. The van der Waals surface area contributed by atoms with Crippen molar-refractivity contribution in [2.75, 3.05) is 13.2 Å². The summed E-state index contributed by atoms with van der Waals surface area (Å²) in [5.74, 6) is -0.864. The first kappa shape index (κ1) is 76.9. The second kappa shape index (κ2) is 68.3. The highest BCUT2D eigenvalue weighted by Crippen LogP contribution is 2.18. The summed E-state index contributed by atoms with van der Waals surface area (Å²) in [5, 5.41) is 0. The predicted molar refractivity (Wildman–Crippen MR) is 348 cm³/mol. The van der Waals surface area contributed by atoms with Crippen molar-refractivity contribution in [3.05, 3.63) is 72.9 Å². The second-order valence-electron chi connectivity index (χ2n) is 23.4. The van der Waals surface area contributed by atoms with Gasteiger partial charge >= 0.3 is 17.9 Å². The van der Waals surface area contributed by atoms with Crippen molar-refractivity contribution < 1.29 is 28.6 Å². The Morgan fingerprint density at radius 2 is 0.487 bits per heavy atom. The largest absolute Gasteiger partial charge is 0.462 e. The molecular formula is C74H132O6. The average molecular weight is 1120 g/mol. The zero-order chi connectivity index (χ0) is 57.8. The molecule has 0 aromatic heterocycles. The molecule has 0 aliphatic rings. The Balaban J connectivity index is 4.30. The van der Waals surface area contributed by atoms with Gasteiger partial charge in [0.1, 0.15) is 13.2 Å². The lowest BCUT2D eigenvalue weighted by Gasteiger charge is -2.18. The Morgan fingerprint density at radius 3 is 0.775 bits per heavy atom. The lowest BCUT2D eigenvalue weighted by Crippen LogP contribution is -2.30. The van der Waals surface area contributed by atoms with Crippen LogP contribution in [0.3, 0.4) is 0 Å². The topological polar surface area (TPSA) is 78.9 Å². The van der Waals surface area contributed by atoms with E-state index in [0.717, 1.165) is 96.3 Å². The molecular weight excluding hydrogens is 985 g/mol. The lowest BCUT2D eigenvalue weighted by atomic mass is 10.0. The molecule has 0 aliphatic carbocycles. The fourth-order valence-corrected chi connectivity index (χ4v) is 10.2. The van der Waals surface area contributed by atoms with Crippen molar-refractivity contribution in [1.29, 1.82) is 0 Å². The maximum atomic E-state index is 13.0. The molecule has 0 N–H and O–H groups in total. The molecule has 0 aromatic carbocycles. The number of allylic oxidation sites excluding steroid dienone is 12. The minimum atomic E-state index is -0.779. The molecule has 0 spiro atoms. The van der Waals surface area contributed by atoms with Gasteiger partial charge < -0.3 is 14.2 Å². The molecule has 0 rings (SSSR count). The Hall–Kier alpha value is -3.15. The minimum absolute atomic E-state index is 0.0755. The molecule has 0 saturated carbocycles. The quantitative estimate of drug-likeness (QED) is 0.0261. The summed E-state index contributed by atoms with van der Waals surface area (Å²) in [7, 11) is 0. The number of unbranched alkanes of at least 4 members (excludes halogenated alkanes) is 41. The van der Waals surface area contributed by atoms with Crippen LogP contribution >= 0.6 is 0 Å². The Bertz CT molecular complexity index is 1470. The number of esters is 3. The van der Waals surface area contributed by atoms with E-state index in [0.29, 0.717) is 19.3 Å². The zero-order valence-corrected chi connectivity index (χ0v) is 53.3. The second-order valence-corrected chi connectivity index (χ2v) is 23.4. The van der Waals surface area contributed by atoms with Gasteiger partial charge in [-0.15, -0.1) is 0 Å². The summed E-state index contributed by atoms with van der Waals surface area (Å²) in [6.45, 7) is 6.57. The molecule has 0 radical (unpaired) electrons. The van der Waals surface area contributed by atoms with Gasteiger partial charge in [-0.3, -0.25) is 14.4 Å². The van der Waals surface area contributed by atoms with Crippen LogP contribution in [0.15, 0.2) is 72.9 Å². The number of carbonyl (C=O) groups is 3. The summed E-state index contributed by atoms with van der Waals surface area (Å²) in [4.78, 5) is 38.4.